The molecule has 3 heterocycles. The van der Waals surface area contributed by atoms with E-state index in [-0.39, 0.29) is 5.92 Å². The third kappa shape index (κ3) is 8.47. The van der Waals surface area contributed by atoms with Gasteiger partial charge in [0.05, 0.1) is 17.1 Å². The highest BCUT2D eigenvalue weighted by Gasteiger charge is 2.34. The van der Waals surface area contributed by atoms with Gasteiger partial charge in [-0.2, -0.15) is 0 Å². The Balaban J connectivity index is 1.26. The summed E-state index contributed by atoms with van der Waals surface area (Å²) < 4.78 is 0. The van der Waals surface area contributed by atoms with Gasteiger partial charge in [0.1, 0.15) is 16.6 Å². The van der Waals surface area contributed by atoms with Gasteiger partial charge in [-0.05, 0) is 110 Å². The molecule has 0 bridgehead atoms. The predicted molar refractivity (Wildman–Crippen MR) is 213 cm³/mol. The lowest BCUT2D eigenvalue weighted by molar-refractivity contribution is -0.121. The summed E-state index contributed by atoms with van der Waals surface area (Å²) in [6.45, 7) is 4.85. The predicted octanol–water partition coefficient (Wildman–Crippen LogP) is 5.49. The van der Waals surface area contributed by atoms with Crippen molar-refractivity contribution in [2.24, 2.45) is 17.2 Å². The third-order valence-corrected chi connectivity index (χ3v) is 9.51. The van der Waals surface area contributed by atoms with Crippen molar-refractivity contribution in [1.82, 2.24) is 15.0 Å². The molecular formula is C43H43N9O3. The summed E-state index contributed by atoms with van der Waals surface area (Å²) in [5.74, 6) is -1.49. The zero-order valence-corrected chi connectivity index (χ0v) is 30.7. The fraction of sp³-hybridized carbons (Fsp3) is 0.163. The van der Waals surface area contributed by atoms with Gasteiger partial charge in [0.15, 0.2) is 0 Å². The Bertz CT molecular complexity index is 1990. The van der Waals surface area contributed by atoms with Crippen LogP contribution in [0.25, 0.3) is 0 Å². The minimum absolute atomic E-state index is 0.283. The second-order valence-corrected chi connectivity index (χ2v) is 13.9. The van der Waals surface area contributed by atoms with Crippen LogP contribution in [0.3, 0.4) is 0 Å². The number of pyridine rings is 3. The molecule has 278 valence electrons. The number of nitrogens with two attached hydrogens (primary N) is 3. The summed E-state index contributed by atoms with van der Waals surface area (Å²) in [5.41, 5.74) is 20.9. The van der Waals surface area contributed by atoms with Gasteiger partial charge in [-0.15, -0.1) is 0 Å². The van der Waals surface area contributed by atoms with Crippen molar-refractivity contribution >= 4 is 34.8 Å². The van der Waals surface area contributed by atoms with Crippen LogP contribution in [0.4, 0.5) is 17.1 Å². The number of nitrogens with one attached hydrogen (secondary N) is 3. The molecule has 3 atom stereocenters. The fourth-order valence-corrected chi connectivity index (χ4v) is 6.00. The number of carbonyl (C=O) groups excluding carboxylic acids is 3. The maximum Gasteiger partial charge on any atom is 0.250 e. The maximum absolute atomic E-state index is 13.2. The van der Waals surface area contributed by atoms with E-state index in [1.54, 1.807) is 94.0 Å². The molecule has 0 fully saturated rings. The van der Waals surface area contributed by atoms with Crippen LogP contribution in [0.5, 0.6) is 0 Å². The molecule has 0 unspecified atom stereocenters. The number of hydrogen-bond donors (Lipinski definition) is 6. The molecule has 0 aliphatic heterocycles. The van der Waals surface area contributed by atoms with E-state index < -0.39 is 34.3 Å². The van der Waals surface area contributed by atoms with Crippen LogP contribution in [0, 0.1) is 0 Å². The first-order chi connectivity index (χ1) is 26.3. The van der Waals surface area contributed by atoms with Crippen LogP contribution >= 0.6 is 0 Å². The Labute approximate surface area is 319 Å². The van der Waals surface area contributed by atoms with Gasteiger partial charge in [-0.25, -0.2) is 0 Å². The molecule has 0 spiro atoms. The quantitative estimate of drug-likeness (QED) is 0.0879. The summed E-state index contributed by atoms with van der Waals surface area (Å²) in [4.78, 5) is 52.5. The molecule has 3 amide bonds. The number of amides is 3. The van der Waals surface area contributed by atoms with E-state index >= 15 is 0 Å². The SMILES string of the molecule is C[C@](N)(C(=O)Nc1ccc(C(c2ccc(NC(=O)[C@](C)(N)c3ccccn3)cc2)c2ccc(NC(=O)[C@](C)(N)c3ccccn3)cc2)cc1)c1ccccn1. The lowest BCUT2D eigenvalue weighted by Crippen LogP contribution is -2.46. The molecule has 6 aromatic rings. The molecule has 0 saturated heterocycles. The van der Waals surface area contributed by atoms with Crippen molar-refractivity contribution in [1.29, 1.82) is 0 Å². The van der Waals surface area contributed by atoms with Crippen molar-refractivity contribution in [3.05, 3.63) is 180 Å². The molecule has 9 N–H and O–H groups in total. The van der Waals surface area contributed by atoms with Crippen LogP contribution in [0.15, 0.2) is 146 Å². The van der Waals surface area contributed by atoms with E-state index in [0.717, 1.165) is 16.7 Å². The van der Waals surface area contributed by atoms with Gasteiger partial charge in [0.2, 0.25) is 17.7 Å². The fourth-order valence-electron chi connectivity index (χ4n) is 6.00. The van der Waals surface area contributed by atoms with E-state index in [9.17, 15) is 14.4 Å². The van der Waals surface area contributed by atoms with Crippen LogP contribution < -0.4 is 33.2 Å². The summed E-state index contributed by atoms with van der Waals surface area (Å²) in [7, 11) is 0. The van der Waals surface area contributed by atoms with Crippen LogP contribution in [-0.2, 0) is 31.0 Å². The first kappa shape index (κ1) is 38.1. The monoisotopic (exact) mass is 733 g/mol. The highest BCUT2D eigenvalue weighted by atomic mass is 16.2. The molecule has 3 aromatic heterocycles. The first-order valence-electron chi connectivity index (χ1n) is 17.6. The molecule has 3 aromatic carbocycles. The lowest BCUT2D eigenvalue weighted by atomic mass is 9.85. The van der Waals surface area contributed by atoms with Gasteiger partial charge in [-0.1, -0.05) is 54.6 Å². The Morgan fingerprint density at radius 1 is 0.436 bits per heavy atom. The number of carbonyl (C=O) groups is 3. The number of hydrogen-bond acceptors (Lipinski definition) is 9. The Morgan fingerprint density at radius 2 is 0.691 bits per heavy atom. The largest absolute Gasteiger partial charge is 0.324 e. The second kappa shape index (κ2) is 15.8. The van der Waals surface area contributed by atoms with Crippen LogP contribution in [0.2, 0.25) is 0 Å². The summed E-state index contributed by atoms with van der Waals surface area (Å²) in [6, 6.07) is 38.3. The Hall–Kier alpha value is -6.60. The summed E-state index contributed by atoms with van der Waals surface area (Å²) >= 11 is 0. The van der Waals surface area contributed by atoms with E-state index in [1.807, 2.05) is 72.8 Å². The standard InChI is InChI=1S/C43H43N9O3/c1-41(44,34-10-4-7-25-47-34)38(53)50-31-19-13-28(14-20-31)37(29-15-21-32(22-16-29)51-39(54)42(2,45)35-11-5-8-26-48-35)30-17-23-33(24-18-30)52-40(55)43(3,46)36-12-6-9-27-49-36/h4-27,37H,44-46H2,1-3H3,(H,50,53)(H,51,54)(H,52,55)/t41-,42-,43-/m1/s1. The number of nitrogens with zero attached hydrogens (tertiary/aromatic N) is 3. The molecule has 55 heavy (non-hydrogen) atoms. The molecule has 12 nitrogen and oxygen atoms in total. The lowest BCUT2D eigenvalue weighted by Gasteiger charge is -2.24. The molecule has 6 rings (SSSR count). The van der Waals surface area contributed by atoms with Gasteiger partial charge in [0, 0.05) is 41.6 Å². The van der Waals surface area contributed by atoms with Gasteiger partial charge in [-0.3, -0.25) is 29.3 Å². The van der Waals surface area contributed by atoms with Gasteiger partial charge in [0.25, 0.3) is 0 Å². The average Bonchev–Trinajstić information content (AvgIpc) is 3.20. The minimum Gasteiger partial charge on any atom is -0.324 e. The number of benzene rings is 3. The number of rotatable bonds is 12. The first-order valence-corrected chi connectivity index (χ1v) is 17.6. The van der Waals surface area contributed by atoms with E-state index in [2.05, 4.69) is 30.9 Å². The topological polar surface area (TPSA) is 204 Å². The second-order valence-electron chi connectivity index (χ2n) is 13.9. The van der Waals surface area contributed by atoms with Crippen molar-refractivity contribution in [3.63, 3.8) is 0 Å². The van der Waals surface area contributed by atoms with E-state index in [0.29, 0.717) is 34.1 Å². The van der Waals surface area contributed by atoms with E-state index in [4.69, 9.17) is 17.2 Å². The van der Waals surface area contributed by atoms with Crippen molar-refractivity contribution < 1.29 is 14.4 Å². The summed E-state index contributed by atoms with van der Waals surface area (Å²) in [5, 5.41) is 8.74. The molecular weight excluding hydrogens is 691 g/mol. The normalized spacial score (nSPS) is 14.5. The molecule has 12 heteroatoms. The third-order valence-electron chi connectivity index (χ3n) is 9.51. The Morgan fingerprint density at radius 3 is 0.909 bits per heavy atom. The van der Waals surface area contributed by atoms with E-state index in [1.165, 1.54) is 0 Å². The highest BCUT2D eigenvalue weighted by molar-refractivity contribution is 5.99. The maximum atomic E-state index is 13.2. The zero-order valence-electron chi connectivity index (χ0n) is 30.7. The molecule has 0 aliphatic rings. The van der Waals surface area contributed by atoms with Crippen LogP contribution in [0.1, 0.15) is 60.5 Å². The Kier molecular flexibility index (Phi) is 10.9. The molecule has 0 aliphatic carbocycles. The number of aromatic nitrogens is 3. The minimum atomic E-state index is -1.35. The number of anilines is 3. The average molecular weight is 734 g/mol. The highest BCUT2D eigenvalue weighted by Crippen LogP contribution is 2.35. The van der Waals surface area contributed by atoms with Crippen LogP contribution in [-0.4, -0.2) is 32.7 Å². The van der Waals surface area contributed by atoms with Gasteiger partial charge < -0.3 is 33.2 Å². The van der Waals surface area contributed by atoms with Crippen molar-refractivity contribution in [2.45, 2.75) is 43.3 Å². The molecule has 0 saturated carbocycles. The van der Waals surface area contributed by atoms with Crippen molar-refractivity contribution in [3.8, 4) is 0 Å². The molecule has 0 radical (unpaired) electrons. The van der Waals surface area contributed by atoms with Gasteiger partial charge >= 0.3 is 0 Å². The smallest absolute Gasteiger partial charge is 0.250 e. The summed E-state index contributed by atoms with van der Waals surface area (Å²) in [6.07, 6.45) is 4.79. The zero-order chi connectivity index (χ0) is 39.2. The van der Waals surface area contributed by atoms with Crippen molar-refractivity contribution in [2.75, 3.05) is 16.0 Å².